The summed E-state index contributed by atoms with van der Waals surface area (Å²) in [6.07, 6.45) is 0. The Morgan fingerprint density at radius 3 is 2.61 bits per heavy atom. The van der Waals surface area contributed by atoms with Gasteiger partial charge in [0.1, 0.15) is 18.6 Å². The molecule has 214 valence electrons. The number of guanidine groups is 2. The lowest BCUT2D eigenvalue weighted by Gasteiger charge is -2.41. The first-order valence-corrected chi connectivity index (χ1v) is 12.7. The van der Waals surface area contributed by atoms with E-state index in [2.05, 4.69) is 20.9 Å². The Morgan fingerprint density at radius 1 is 1.15 bits per heavy atom. The predicted molar refractivity (Wildman–Crippen MR) is 137 cm³/mol. The van der Waals surface area contributed by atoms with Crippen LogP contribution in [0.2, 0.25) is 0 Å². The van der Waals surface area contributed by atoms with E-state index in [0.29, 0.717) is 5.69 Å². The van der Waals surface area contributed by atoms with E-state index in [0.717, 1.165) is 23.1 Å². The van der Waals surface area contributed by atoms with Gasteiger partial charge in [-0.15, -0.1) is 0 Å². The molecule has 4 aliphatic heterocycles. The molecule has 4 atom stereocenters. The molecule has 0 bridgehead atoms. The van der Waals surface area contributed by atoms with Gasteiger partial charge in [0.25, 0.3) is 23.3 Å². The van der Waals surface area contributed by atoms with Crippen LogP contribution in [-0.2, 0) is 4.79 Å². The van der Waals surface area contributed by atoms with Crippen molar-refractivity contribution in [1.29, 1.82) is 0 Å². The van der Waals surface area contributed by atoms with E-state index in [4.69, 9.17) is 11.5 Å². The van der Waals surface area contributed by atoms with Crippen LogP contribution in [-0.4, -0.2) is 98.7 Å². The van der Waals surface area contributed by atoms with Gasteiger partial charge in [-0.3, -0.25) is 41.2 Å². The first-order valence-electron chi connectivity index (χ1n) is 12.7. The van der Waals surface area contributed by atoms with Crippen LogP contribution in [0.1, 0.15) is 10.4 Å². The molecule has 0 aromatic heterocycles. The Balaban J connectivity index is 1.29. The summed E-state index contributed by atoms with van der Waals surface area (Å²) >= 11 is 0. The summed E-state index contributed by atoms with van der Waals surface area (Å²) < 4.78 is 29.3. The fourth-order valence-corrected chi connectivity index (χ4v) is 6.04. The highest BCUT2D eigenvalue weighted by Crippen LogP contribution is 2.38. The molecule has 6 rings (SSSR count). The molecule has 41 heavy (non-hydrogen) atoms. The number of para-hydroxylation sites is 1. The second-order valence-electron chi connectivity index (χ2n) is 10.2. The van der Waals surface area contributed by atoms with E-state index in [-0.39, 0.29) is 31.6 Å². The average Bonchev–Trinajstić information content (AvgIpc) is 3.51. The monoisotopic (exact) mass is 571 g/mol. The highest BCUT2D eigenvalue weighted by atomic mass is 19.2. The molecule has 10 N–H and O–H groups in total. The van der Waals surface area contributed by atoms with E-state index in [1.807, 2.05) is 0 Å². The van der Waals surface area contributed by atoms with Crippen LogP contribution in [0.5, 0.6) is 0 Å². The van der Waals surface area contributed by atoms with Gasteiger partial charge >= 0.3 is 18.0 Å². The number of carbonyl (C=O) groups is 3. The summed E-state index contributed by atoms with van der Waals surface area (Å²) in [6.45, 7) is -0.708. The summed E-state index contributed by atoms with van der Waals surface area (Å²) in [5.41, 5.74) is 10.3. The first-order chi connectivity index (χ1) is 19.5. The Kier molecular flexibility index (Phi) is 5.86. The third-order valence-corrected chi connectivity index (χ3v) is 7.96. The molecular formula is C25H27F2N9O5+2. The molecule has 1 spiro atoms. The Morgan fingerprint density at radius 2 is 1.88 bits per heavy atom. The second-order valence-corrected chi connectivity index (χ2v) is 10.2. The molecule has 4 aliphatic rings. The standard InChI is InChI=1S/C25H25F2N9O5/c26-14-8-4-7-13(18(14)27)20(38)31-16-10-36-22(29)30-15(19-24(36,25(16,40)41)33-21(28)32-19)9-35-17(37)11-34(23(35)39)12-5-2-1-3-6-12/h1-8,15-16,19,40-41H,9-11H2,(H6,28,29,30,31,32,33,38)/p+2/t15-,16?,19-,24-/m0/s1. The van der Waals surface area contributed by atoms with Crippen molar-refractivity contribution in [1.82, 2.24) is 20.9 Å². The molecule has 2 aromatic rings. The third-order valence-electron chi connectivity index (χ3n) is 7.96. The molecule has 1 unspecified atom stereocenters. The van der Waals surface area contributed by atoms with Gasteiger partial charge in [0.05, 0.1) is 18.7 Å². The van der Waals surface area contributed by atoms with Crippen molar-refractivity contribution in [3.63, 3.8) is 0 Å². The number of nitrogens with zero attached hydrogens (tertiary/aromatic N) is 3. The number of halogens is 2. The number of imide groups is 1. The maximum atomic E-state index is 14.3. The maximum Gasteiger partial charge on any atom is 0.347 e. The SMILES string of the molecule is NC1=[NH+][C@H]2[C@H](CN3C(=O)CN(c4ccccc4)C3=O)NC(N)=[N+]3CC(NC(=O)c4cccc(F)c4F)C(O)(O)[C@]23N1. The molecule has 4 heterocycles. The zero-order chi connectivity index (χ0) is 29.3. The largest absolute Gasteiger partial charge is 0.358 e. The van der Waals surface area contributed by atoms with Gasteiger partial charge in [-0.05, 0) is 24.3 Å². The average molecular weight is 572 g/mol. The van der Waals surface area contributed by atoms with Crippen molar-refractivity contribution in [3.8, 4) is 0 Å². The number of urea groups is 1. The van der Waals surface area contributed by atoms with E-state index < -0.39 is 64.6 Å². The molecule has 2 aromatic carbocycles. The number of hydrogen-bond donors (Lipinski definition) is 8. The minimum Gasteiger partial charge on any atom is -0.358 e. The summed E-state index contributed by atoms with van der Waals surface area (Å²) in [7, 11) is 0. The van der Waals surface area contributed by atoms with E-state index in [1.54, 1.807) is 30.3 Å². The van der Waals surface area contributed by atoms with Crippen molar-refractivity contribution in [2.45, 2.75) is 29.6 Å². The predicted octanol–water partition coefficient (Wildman–Crippen LogP) is -4.41. The fraction of sp³-hybridized carbons (Fsp3) is 0.320. The van der Waals surface area contributed by atoms with Crippen molar-refractivity contribution < 1.29 is 42.9 Å². The van der Waals surface area contributed by atoms with Crippen LogP contribution in [0.15, 0.2) is 48.5 Å². The number of nitrogens with two attached hydrogens (primary N) is 2. The summed E-state index contributed by atoms with van der Waals surface area (Å²) in [6, 6.07) is 7.70. The molecular weight excluding hydrogens is 544 g/mol. The number of carbonyl (C=O) groups excluding carboxylic acids is 3. The lowest BCUT2D eigenvalue weighted by atomic mass is 9.85. The second kappa shape index (κ2) is 9.10. The lowest BCUT2D eigenvalue weighted by Crippen LogP contribution is -2.92. The van der Waals surface area contributed by atoms with Crippen LogP contribution in [0.25, 0.3) is 0 Å². The van der Waals surface area contributed by atoms with Crippen LogP contribution in [0, 0.1) is 11.6 Å². The lowest BCUT2D eigenvalue weighted by molar-refractivity contribution is -0.674. The Bertz CT molecular complexity index is 1530. The summed E-state index contributed by atoms with van der Waals surface area (Å²) in [4.78, 5) is 44.2. The van der Waals surface area contributed by atoms with Gasteiger partial charge in [-0.2, -0.15) is 0 Å². The molecule has 2 fully saturated rings. The van der Waals surface area contributed by atoms with Crippen molar-refractivity contribution in [2.75, 3.05) is 24.5 Å². The Labute approximate surface area is 230 Å². The van der Waals surface area contributed by atoms with Crippen LogP contribution in [0.3, 0.4) is 0 Å². The first kappa shape index (κ1) is 26.4. The van der Waals surface area contributed by atoms with Crippen LogP contribution < -0.4 is 37.3 Å². The van der Waals surface area contributed by atoms with Crippen molar-refractivity contribution in [2.24, 2.45) is 11.5 Å². The highest BCUT2D eigenvalue weighted by Gasteiger charge is 2.78. The maximum absolute atomic E-state index is 14.3. The zero-order valence-corrected chi connectivity index (χ0v) is 21.3. The van der Waals surface area contributed by atoms with Gasteiger partial charge < -0.3 is 15.5 Å². The van der Waals surface area contributed by atoms with E-state index in [9.17, 15) is 33.4 Å². The number of rotatable bonds is 5. The van der Waals surface area contributed by atoms with Gasteiger partial charge in [0.15, 0.2) is 17.7 Å². The minimum absolute atomic E-state index is 0.0675. The Hall–Kier alpha value is -4.83. The molecule has 14 nitrogen and oxygen atoms in total. The summed E-state index contributed by atoms with van der Waals surface area (Å²) in [5.74, 6) is -7.17. The number of benzene rings is 2. The molecule has 4 amide bonds. The van der Waals surface area contributed by atoms with Crippen molar-refractivity contribution >= 4 is 35.5 Å². The van der Waals surface area contributed by atoms with Gasteiger partial charge in [0, 0.05) is 5.69 Å². The van der Waals surface area contributed by atoms with Crippen LogP contribution >= 0.6 is 0 Å². The van der Waals surface area contributed by atoms with Crippen molar-refractivity contribution in [3.05, 3.63) is 65.7 Å². The highest BCUT2D eigenvalue weighted by molar-refractivity contribution is 6.12. The number of anilines is 1. The van der Waals surface area contributed by atoms with Gasteiger partial charge in [-0.1, -0.05) is 24.3 Å². The molecule has 0 saturated carbocycles. The zero-order valence-electron chi connectivity index (χ0n) is 21.3. The molecule has 0 radical (unpaired) electrons. The molecule has 16 heteroatoms. The quantitative estimate of drug-likeness (QED) is 0.0990. The minimum atomic E-state index is -2.81. The molecule has 0 aliphatic carbocycles. The number of hydrogen-bond acceptors (Lipinski definition) is 9. The van der Waals surface area contributed by atoms with Crippen LogP contribution in [0.4, 0.5) is 19.3 Å². The smallest absolute Gasteiger partial charge is 0.347 e. The van der Waals surface area contributed by atoms with E-state index >= 15 is 0 Å². The number of amides is 4. The number of aliphatic hydroxyl groups is 2. The number of nitrogens with one attached hydrogen (secondary N) is 4. The topological polar surface area (TPSA) is 203 Å². The normalized spacial score (nSPS) is 28.2. The van der Waals surface area contributed by atoms with Gasteiger partial charge in [-0.25, -0.2) is 23.5 Å². The third kappa shape index (κ3) is 3.78. The van der Waals surface area contributed by atoms with E-state index in [1.165, 1.54) is 9.48 Å². The fourth-order valence-electron chi connectivity index (χ4n) is 6.04. The van der Waals surface area contributed by atoms with Gasteiger partial charge in [0.2, 0.25) is 0 Å². The molecule has 2 saturated heterocycles. The summed E-state index contributed by atoms with van der Waals surface area (Å²) in [5, 5.41) is 31.3.